The molecular weight excluding hydrogens is 350 g/mol. The fraction of sp³-hybridized carbons (Fsp3) is 0.450. The quantitative estimate of drug-likeness (QED) is 0.569. The second-order valence-electron chi connectivity index (χ2n) is 6.50. The molecule has 26 heavy (non-hydrogen) atoms. The largest absolute Gasteiger partial charge is 0.455 e. The lowest BCUT2D eigenvalue weighted by molar-refractivity contribution is 0.112. The number of hydrogen-bond donors (Lipinski definition) is 1. The average molecular weight is 376 g/mol. The molecule has 1 aliphatic heterocycles. The molecule has 0 radical (unpaired) electrons. The fourth-order valence-corrected chi connectivity index (χ4v) is 3.24. The number of aliphatic hydroxyl groups is 1. The molecule has 0 amide bonds. The maximum atomic E-state index is 8.97. The smallest absolute Gasteiger partial charge is 0.145 e. The van der Waals surface area contributed by atoms with E-state index in [4.69, 9.17) is 21.1 Å². The summed E-state index contributed by atoms with van der Waals surface area (Å²) in [6.45, 7) is 7.15. The molecule has 1 aromatic carbocycles. The van der Waals surface area contributed by atoms with Crippen LogP contribution in [0, 0.1) is 0 Å². The van der Waals surface area contributed by atoms with Gasteiger partial charge in [-0.3, -0.25) is 9.89 Å². The zero-order valence-electron chi connectivity index (χ0n) is 15.0. The van der Waals surface area contributed by atoms with Gasteiger partial charge in [0.15, 0.2) is 0 Å². The van der Waals surface area contributed by atoms with E-state index in [-0.39, 0.29) is 6.61 Å². The molecule has 0 bridgehead atoms. The van der Waals surface area contributed by atoms with Gasteiger partial charge in [0.1, 0.15) is 11.5 Å². The maximum absolute atomic E-state index is 8.97. The lowest BCUT2D eigenvalue weighted by Crippen LogP contribution is -2.47. The highest BCUT2D eigenvalue weighted by Crippen LogP contribution is 2.23. The van der Waals surface area contributed by atoms with Crippen molar-refractivity contribution in [1.29, 1.82) is 0 Å². The van der Waals surface area contributed by atoms with Crippen LogP contribution in [0.1, 0.15) is 12.2 Å². The van der Waals surface area contributed by atoms with Crippen LogP contribution in [0.15, 0.2) is 45.8 Å². The van der Waals surface area contributed by atoms with Gasteiger partial charge in [-0.2, -0.15) is 0 Å². The lowest BCUT2D eigenvalue weighted by atomic mass is 10.2. The predicted octanol–water partition coefficient (Wildman–Crippen LogP) is 3.02. The maximum Gasteiger partial charge on any atom is 0.145 e. The number of hydrogen-bond acceptors (Lipinski definition) is 5. The molecule has 5 nitrogen and oxygen atoms in total. The molecule has 140 valence electrons. The summed E-state index contributed by atoms with van der Waals surface area (Å²) in [5.74, 6) is 1.59. The Labute approximate surface area is 159 Å². The second kappa shape index (κ2) is 9.88. The highest BCUT2D eigenvalue weighted by Gasteiger charge is 2.15. The first kappa shape index (κ1) is 19.1. The van der Waals surface area contributed by atoms with Gasteiger partial charge >= 0.3 is 0 Å². The summed E-state index contributed by atoms with van der Waals surface area (Å²) in [5, 5.41) is 9.69. The van der Waals surface area contributed by atoms with E-state index in [0.29, 0.717) is 0 Å². The number of halogens is 1. The van der Waals surface area contributed by atoms with Crippen LogP contribution in [-0.2, 0) is 0 Å². The molecule has 0 aliphatic carbocycles. The van der Waals surface area contributed by atoms with Crippen LogP contribution < -0.4 is 0 Å². The van der Waals surface area contributed by atoms with Crippen LogP contribution in [0.2, 0.25) is 5.02 Å². The Morgan fingerprint density at radius 1 is 1.00 bits per heavy atom. The van der Waals surface area contributed by atoms with Crippen LogP contribution >= 0.6 is 11.6 Å². The lowest BCUT2D eigenvalue weighted by Gasteiger charge is -2.34. The molecule has 1 aromatic heterocycles. The summed E-state index contributed by atoms with van der Waals surface area (Å²) in [4.78, 5) is 9.26. The van der Waals surface area contributed by atoms with Crippen molar-refractivity contribution in [3.8, 4) is 11.3 Å². The van der Waals surface area contributed by atoms with Crippen LogP contribution in [0.4, 0.5) is 0 Å². The van der Waals surface area contributed by atoms with Gasteiger partial charge in [0.25, 0.3) is 0 Å². The molecular formula is C20H26ClN3O2. The number of piperazine rings is 1. The number of aliphatic imine (C=N–C) groups is 1. The number of rotatable bonds is 8. The van der Waals surface area contributed by atoms with E-state index in [1.807, 2.05) is 36.4 Å². The minimum Gasteiger partial charge on any atom is -0.455 e. The third-order valence-electron chi connectivity index (χ3n) is 4.62. The molecule has 0 unspecified atom stereocenters. The van der Waals surface area contributed by atoms with Gasteiger partial charge in [0, 0.05) is 49.9 Å². The Bertz CT molecular complexity index is 691. The Kier molecular flexibility index (Phi) is 7.26. The van der Waals surface area contributed by atoms with E-state index in [2.05, 4.69) is 14.8 Å². The van der Waals surface area contributed by atoms with Gasteiger partial charge in [0.05, 0.1) is 12.8 Å². The summed E-state index contributed by atoms with van der Waals surface area (Å²) in [6, 6.07) is 11.5. The summed E-state index contributed by atoms with van der Waals surface area (Å²) < 4.78 is 5.81. The Balaban J connectivity index is 1.38. The molecule has 3 rings (SSSR count). The third-order valence-corrected chi connectivity index (χ3v) is 4.87. The molecule has 0 saturated carbocycles. The van der Waals surface area contributed by atoms with Gasteiger partial charge in [-0.15, -0.1) is 0 Å². The van der Waals surface area contributed by atoms with Crippen molar-refractivity contribution >= 4 is 17.8 Å². The molecule has 2 heterocycles. The summed E-state index contributed by atoms with van der Waals surface area (Å²) in [5.41, 5.74) is 1.01. The van der Waals surface area contributed by atoms with E-state index >= 15 is 0 Å². The average Bonchev–Trinajstić information content (AvgIpc) is 3.12. The highest BCUT2D eigenvalue weighted by atomic mass is 35.5. The van der Waals surface area contributed by atoms with E-state index in [0.717, 1.165) is 74.3 Å². The van der Waals surface area contributed by atoms with Crippen molar-refractivity contribution in [2.75, 3.05) is 52.4 Å². The SMILES string of the molecule is OCCN1CCN(CCCN=Cc2ccc(-c3ccc(Cl)cc3)o2)CC1. The van der Waals surface area contributed by atoms with E-state index in [9.17, 15) is 0 Å². The first-order valence-electron chi connectivity index (χ1n) is 9.16. The van der Waals surface area contributed by atoms with Crippen LogP contribution in [0.25, 0.3) is 11.3 Å². The van der Waals surface area contributed by atoms with Crippen molar-refractivity contribution in [2.45, 2.75) is 6.42 Å². The van der Waals surface area contributed by atoms with Crippen molar-refractivity contribution in [3.05, 3.63) is 47.2 Å². The van der Waals surface area contributed by atoms with Gasteiger partial charge in [-0.05, 0) is 49.4 Å². The zero-order chi connectivity index (χ0) is 18.2. The zero-order valence-corrected chi connectivity index (χ0v) is 15.7. The topological polar surface area (TPSA) is 52.2 Å². The summed E-state index contributed by atoms with van der Waals surface area (Å²) in [6.07, 6.45) is 2.85. The number of aliphatic hydroxyl groups excluding tert-OH is 1. The number of furan rings is 1. The predicted molar refractivity (Wildman–Crippen MR) is 106 cm³/mol. The highest BCUT2D eigenvalue weighted by molar-refractivity contribution is 6.30. The van der Waals surface area contributed by atoms with Crippen molar-refractivity contribution in [1.82, 2.24) is 9.80 Å². The molecule has 0 atom stereocenters. The molecule has 2 aromatic rings. The van der Waals surface area contributed by atoms with Gasteiger partial charge in [0.2, 0.25) is 0 Å². The van der Waals surface area contributed by atoms with E-state index in [1.54, 1.807) is 6.21 Å². The summed E-state index contributed by atoms with van der Waals surface area (Å²) in [7, 11) is 0. The van der Waals surface area contributed by atoms with Gasteiger partial charge < -0.3 is 14.4 Å². The second-order valence-corrected chi connectivity index (χ2v) is 6.94. The van der Waals surface area contributed by atoms with Crippen molar-refractivity contribution in [3.63, 3.8) is 0 Å². The monoisotopic (exact) mass is 375 g/mol. The standard InChI is InChI=1S/C20H26ClN3O2/c21-18-4-2-17(3-5-18)20-7-6-19(26-20)16-22-8-1-9-23-10-12-24(13-11-23)14-15-25/h2-7,16,25H,1,8-15H2. The van der Waals surface area contributed by atoms with Crippen LogP contribution in [-0.4, -0.2) is 73.5 Å². The minimum atomic E-state index is 0.251. The van der Waals surface area contributed by atoms with Gasteiger partial charge in [-0.1, -0.05) is 11.6 Å². The van der Waals surface area contributed by atoms with E-state index < -0.39 is 0 Å². The Morgan fingerprint density at radius 3 is 2.38 bits per heavy atom. The first-order chi connectivity index (χ1) is 12.7. The number of nitrogens with zero attached hydrogens (tertiary/aromatic N) is 3. The molecule has 0 spiro atoms. The van der Waals surface area contributed by atoms with Crippen LogP contribution in [0.3, 0.4) is 0 Å². The molecule has 1 N–H and O–H groups in total. The minimum absolute atomic E-state index is 0.251. The van der Waals surface area contributed by atoms with Crippen molar-refractivity contribution < 1.29 is 9.52 Å². The summed E-state index contributed by atoms with van der Waals surface area (Å²) >= 11 is 5.91. The molecule has 6 heteroatoms. The third kappa shape index (κ3) is 5.68. The number of benzene rings is 1. The van der Waals surface area contributed by atoms with E-state index in [1.165, 1.54) is 0 Å². The molecule has 1 fully saturated rings. The van der Waals surface area contributed by atoms with Crippen molar-refractivity contribution in [2.24, 2.45) is 4.99 Å². The Hall–Kier alpha value is -1.66. The number of β-amino-alcohol motifs (C(OH)–C–C–N with tert-alkyl or cyclic N) is 1. The first-order valence-corrected chi connectivity index (χ1v) is 9.53. The fourth-order valence-electron chi connectivity index (χ4n) is 3.11. The normalized spacial score (nSPS) is 16.5. The van der Waals surface area contributed by atoms with Gasteiger partial charge in [-0.25, -0.2) is 0 Å². The Morgan fingerprint density at radius 2 is 1.69 bits per heavy atom. The molecule has 1 saturated heterocycles. The molecule has 1 aliphatic rings. The van der Waals surface area contributed by atoms with Crippen LogP contribution in [0.5, 0.6) is 0 Å².